The third kappa shape index (κ3) is 3.03. The molecule has 0 aliphatic rings. The average Bonchev–Trinajstić information content (AvgIpc) is 2.04. The number of halogens is 1. The fourth-order valence-corrected chi connectivity index (χ4v) is 0.903. The second-order valence-electron chi connectivity index (χ2n) is 3.00. The highest BCUT2D eigenvalue weighted by Crippen LogP contribution is 2.12. The Kier molecular flexibility index (Phi) is 3.25. The molecule has 13 heavy (non-hydrogen) atoms. The van der Waals surface area contributed by atoms with Gasteiger partial charge in [0.05, 0.1) is 0 Å². The lowest BCUT2D eigenvalue weighted by atomic mass is 10.2. The number of pyridine rings is 1. The number of nitrogens with zero attached hydrogens (tertiary/aromatic N) is 1. The maximum Gasteiger partial charge on any atom is 0.228 e. The van der Waals surface area contributed by atoms with Gasteiger partial charge in [-0.3, -0.25) is 4.79 Å². The minimum Gasteiger partial charge on any atom is -0.310 e. The summed E-state index contributed by atoms with van der Waals surface area (Å²) >= 11 is 5.72. The van der Waals surface area contributed by atoms with Crippen molar-refractivity contribution in [2.24, 2.45) is 5.92 Å². The van der Waals surface area contributed by atoms with E-state index < -0.39 is 0 Å². The molecule has 1 heterocycles. The van der Waals surface area contributed by atoms with Crippen LogP contribution in [-0.2, 0) is 4.79 Å². The third-order valence-electron chi connectivity index (χ3n) is 1.50. The van der Waals surface area contributed by atoms with E-state index in [9.17, 15) is 4.79 Å². The number of nitrogens with one attached hydrogen (secondary N) is 1. The summed E-state index contributed by atoms with van der Waals surface area (Å²) in [4.78, 5) is 15.2. The molecule has 0 bridgehead atoms. The lowest BCUT2D eigenvalue weighted by Crippen LogP contribution is -2.18. The van der Waals surface area contributed by atoms with Crippen LogP contribution in [0.15, 0.2) is 18.3 Å². The zero-order valence-corrected chi connectivity index (χ0v) is 8.30. The smallest absolute Gasteiger partial charge is 0.228 e. The Bertz CT molecular complexity index is 312. The van der Waals surface area contributed by atoms with Crippen molar-refractivity contribution in [1.29, 1.82) is 0 Å². The SMILES string of the molecule is CC(C)C(=O)Nc1cc(Cl)ccn1. The van der Waals surface area contributed by atoms with Gasteiger partial charge in [0.25, 0.3) is 0 Å². The van der Waals surface area contributed by atoms with E-state index in [-0.39, 0.29) is 11.8 Å². The number of hydrogen-bond donors (Lipinski definition) is 1. The Hall–Kier alpha value is -1.09. The Labute approximate surface area is 82.1 Å². The van der Waals surface area contributed by atoms with Crippen LogP contribution in [0.4, 0.5) is 5.82 Å². The van der Waals surface area contributed by atoms with Gasteiger partial charge in [0.1, 0.15) is 5.82 Å². The van der Waals surface area contributed by atoms with Crippen molar-refractivity contribution in [2.45, 2.75) is 13.8 Å². The van der Waals surface area contributed by atoms with E-state index in [1.165, 1.54) is 0 Å². The van der Waals surface area contributed by atoms with Crippen molar-refractivity contribution in [3.63, 3.8) is 0 Å². The summed E-state index contributed by atoms with van der Waals surface area (Å²) in [6, 6.07) is 3.27. The zero-order chi connectivity index (χ0) is 9.84. The summed E-state index contributed by atoms with van der Waals surface area (Å²) in [5.74, 6) is 0.377. The van der Waals surface area contributed by atoms with Gasteiger partial charge in [0.15, 0.2) is 0 Å². The van der Waals surface area contributed by atoms with Gasteiger partial charge in [-0.1, -0.05) is 25.4 Å². The highest BCUT2D eigenvalue weighted by molar-refractivity contribution is 6.30. The quantitative estimate of drug-likeness (QED) is 0.793. The standard InChI is InChI=1S/C9H11ClN2O/c1-6(2)9(13)12-8-5-7(10)3-4-11-8/h3-6H,1-2H3,(H,11,12,13). The molecule has 0 aliphatic heterocycles. The number of hydrogen-bond acceptors (Lipinski definition) is 2. The molecule has 1 rings (SSSR count). The van der Waals surface area contributed by atoms with Gasteiger partial charge in [0.2, 0.25) is 5.91 Å². The first kappa shape index (κ1) is 9.99. The molecule has 0 unspecified atom stereocenters. The van der Waals surface area contributed by atoms with Gasteiger partial charge >= 0.3 is 0 Å². The largest absolute Gasteiger partial charge is 0.310 e. The first-order valence-electron chi connectivity index (χ1n) is 4.02. The zero-order valence-electron chi connectivity index (χ0n) is 7.54. The molecule has 0 saturated carbocycles. The van der Waals surface area contributed by atoms with Crippen LogP contribution in [0.2, 0.25) is 5.02 Å². The number of rotatable bonds is 2. The molecule has 1 N–H and O–H groups in total. The summed E-state index contributed by atoms with van der Waals surface area (Å²) in [5.41, 5.74) is 0. The molecule has 0 spiro atoms. The van der Waals surface area contributed by atoms with Crippen LogP contribution < -0.4 is 5.32 Å². The van der Waals surface area contributed by atoms with Crippen molar-refractivity contribution in [2.75, 3.05) is 5.32 Å². The molecule has 4 heteroatoms. The van der Waals surface area contributed by atoms with Crippen LogP contribution in [0.1, 0.15) is 13.8 Å². The van der Waals surface area contributed by atoms with Crippen molar-refractivity contribution in [1.82, 2.24) is 4.98 Å². The second-order valence-corrected chi connectivity index (χ2v) is 3.44. The van der Waals surface area contributed by atoms with Gasteiger partial charge in [-0.2, -0.15) is 0 Å². The van der Waals surface area contributed by atoms with Gasteiger partial charge in [0, 0.05) is 17.1 Å². The highest BCUT2D eigenvalue weighted by atomic mass is 35.5. The summed E-state index contributed by atoms with van der Waals surface area (Å²) in [7, 11) is 0. The molecule has 1 aromatic heterocycles. The van der Waals surface area contributed by atoms with Crippen LogP contribution in [0.25, 0.3) is 0 Å². The normalized spacial score (nSPS) is 10.2. The number of carbonyl (C=O) groups excluding carboxylic acids is 1. The predicted molar refractivity (Wildman–Crippen MR) is 52.7 cm³/mol. The molecule has 0 fully saturated rings. The van der Waals surface area contributed by atoms with E-state index in [1.54, 1.807) is 18.3 Å². The number of carbonyl (C=O) groups is 1. The first-order valence-corrected chi connectivity index (χ1v) is 4.40. The molecule has 1 aromatic rings. The molecule has 0 saturated heterocycles. The van der Waals surface area contributed by atoms with Crippen molar-refractivity contribution >= 4 is 23.3 Å². The monoisotopic (exact) mass is 198 g/mol. The molecule has 70 valence electrons. The van der Waals surface area contributed by atoms with Gasteiger partial charge in [-0.25, -0.2) is 4.98 Å². The van der Waals surface area contributed by atoms with Crippen LogP contribution in [-0.4, -0.2) is 10.9 Å². The second kappa shape index (κ2) is 4.23. The molecule has 0 aliphatic carbocycles. The van der Waals surface area contributed by atoms with E-state index in [0.717, 1.165) is 0 Å². The summed E-state index contributed by atoms with van der Waals surface area (Å²) in [6.07, 6.45) is 1.55. The van der Waals surface area contributed by atoms with E-state index in [2.05, 4.69) is 10.3 Å². The lowest BCUT2D eigenvalue weighted by Gasteiger charge is -2.06. The first-order chi connectivity index (χ1) is 6.09. The molecular formula is C9H11ClN2O. The number of anilines is 1. The highest BCUT2D eigenvalue weighted by Gasteiger charge is 2.07. The lowest BCUT2D eigenvalue weighted by molar-refractivity contribution is -0.118. The van der Waals surface area contributed by atoms with Gasteiger partial charge < -0.3 is 5.32 Å². The maximum absolute atomic E-state index is 11.2. The Balaban J connectivity index is 2.69. The summed E-state index contributed by atoms with van der Waals surface area (Å²) < 4.78 is 0. The number of aromatic nitrogens is 1. The van der Waals surface area contributed by atoms with Crippen molar-refractivity contribution < 1.29 is 4.79 Å². The molecule has 0 aromatic carbocycles. The minimum absolute atomic E-state index is 0.0548. The molecule has 1 amide bonds. The molecular weight excluding hydrogens is 188 g/mol. The maximum atomic E-state index is 11.2. The Morgan fingerprint density at radius 3 is 2.85 bits per heavy atom. The van der Waals surface area contributed by atoms with Crippen LogP contribution in [0, 0.1) is 5.92 Å². The van der Waals surface area contributed by atoms with Crippen molar-refractivity contribution in [3.8, 4) is 0 Å². The fraction of sp³-hybridized carbons (Fsp3) is 0.333. The van der Waals surface area contributed by atoms with Crippen molar-refractivity contribution in [3.05, 3.63) is 23.4 Å². The summed E-state index contributed by atoms with van der Waals surface area (Å²) in [6.45, 7) is 3.64. The third-order valence-corrected chi connectivity index (χ3v) is 1.73. The van der Waals surface area contributed by atoms with Gasteiger partial charge in [-0.05, 0) is 12.1 Å². The minimum atomic E-state index is -0.0604. The average molecular weight is 199 g/mol. The molecule has 0 atom stereocenters. The molecule has 3 nitrogen and oxygen atoms in total. The Morgan fingerprint density at radius 2 is 2.31 bits per heavy atom. The van der Waals surface area contributed by atoms with E-state index >= 15 is 0 Å². The topological polar surface area (TPSA) is 42.0 Å². The molecule has 0 radical (unpaired) electrons. The Morgan fingerprint density at radius 1 is 1.62 bits per heavy atom. The van der Waals surface area contributed by atoms with Crippen LogP contribution in [0.5, 0.6) is 0 Å². The number of amides is 1. The van der Waals surface area contributed by atoms with E-state index in [1.807, 2.05) is 13.8 Å². The van der Waals surface area contributed by atoms with Gasteiger partial charge in [-0.15, -0.1) is 0 Å². The van der Waals surface area contributed by atoms with E-state index in [0.29, 0.717) is 10.8 Å². The van der Waals surface area contributed by atoms with Crippen LogP contribution >= 0.6 is 11.6 Å². The fourth-order valence-electron chi connectivity index (χ4n) is 0.744. The van der Waals surface area contributed by atoms with Crippen LogP contribution in [0.3, 0.4) is 0 Å². The predicted octanol–water partition coefficient (Wildman–Crippen LogP) is 2.33. The summed E-state index contributed by atoms with van der Waals surface area (Å²) in [5, 5.41) is 3.21. The van der Waals surface area contributed by atoms with E-state index in [4.69, 9.17) is 11.6 Å².